The third-order valence-electron chi connectivity index (χ3n) is 9.75. The Balaban J connectivity index is 1.14. The lowest BCUT2D eigenvalue weighted by atomic mass is 9.95. The van der Waals surface area contributed by atoms with Crippen LogP contribution in [0.5, 0.6) is 0 Å². The van der Waals surface area contributed by atoms with Crippen molar-refractivity contribution >= 4 is 59.3 Å². The Morgan fingerprint density at radius 1 is 0.500 bits per heavy atom. The van der Waals surface area contributed by atoms with E-state index in [-0.39, 0.29) is 12.3 Å². The highest BCUT2D eigenvalue weighted by atomic mass is 32.1. The predicted octanol–water partition coefficient (Wildman–Crippen LogP) is 11.6. The normalized spacial score (nSPS) is 16.2. The molecule has 7 aromatic carbocycles. The van der Waals surface area contributed by atoms with Gasteiger partial charge in [-0.05, 0) is 69.8 Å². The van der Waals surface area contributed by atoms with Crippen LogP contribution in [0.1, 0.15) is 29.0 Å². The molecule has 5 heteroatoms. The van der Waals surface area contributed by atoms with Gasteiger partial charge in [0.15, 0.2) is 0 Å². The number of furan rings is 1. The highest BCUT2D eigenvalue weighted by Gasteiger charge is 2.27. The molecule has 0 bridgehead atoms. The maximum absolute atomic E-state index is 6.57. The highest BCUT2D eigenvalue weighted by Crippen LogP contribution is 2.43. The van der Waals surface area contributed by atoms with Gasteiger partial charge >= 0.3 is 0 Å². The van der Waals surface area contributed by atoms with Gasteiger partial charge in [0.1, 0.15) is 29.3 Å². The van der Waals surface area contributed by atoms with E-state index in [1.807, 2.05) is 29.5 Å². The van der Waals surface area contributed by atoms with Crippen LogP contribution in [-0.2, 0) is 0 Å². The lowest BCUT2D eigenvalue weighted by Crippen LogP contribution is -2.44. The van der Waals surface area contributed by atoms with E-state index in [4.69, 9.17) is 9.41 Å². The molecule has 1 aliphatic heterocycles. The summed E-state index contributed by atoms with van der Waals surface area (Å²) in [5, 5.41) is 12.2. The van der Waals surface area contributed by atoms with Crippen LogP contribution in [0.2, 0.25) is 0 Å². The van der Waals surface area contributed by atoms with Gasteiger partial charge in [-0.2, -0.15) is 0 Å². The smallest absolute Gasteiger partial charge is 0.136 e. The first-order valence-corrected chi connectivity index (χ1v) is 17.7. The number of amidine groups is 1. The summed E-state index contributed by atoms with van der Waals surface area (Å²) in [4.78, 5) is 5.26. The molecule has 2 aromatic heterocycles. The van der Waals surface area contributed by atoms with Crippen LogP contribution in [0.15, 0.2) is 173 Å². The largest absolute Gasteiger partial charge is 0.456 e. The molecular formula is C45H31N3OS. The summed E-state index contributed by atoms with van der Waals surface area (Å²) in [6.45, 7) is 0. The molecule has 0 aliphatic carbocycles. The number of para-hydroxylation sites is 1. The lowest BCUT2D eigenvalue weighted by molar-refractivity contribution is 0.409. The molecule has 3 heterocycles. The summed E-state index contributed by atoms with van der Waals surface area (Å²) >= 11 is 1.85. The summed E-state index contributed by atoms with van der Waals surface area (Å²) < 4.78 is 9.13. The van der Waals surface area contributed by atoms with Crippen molar-refractivity contribution in [2.75, 3.05) is 0 Å². The zero-order valence-electron chi connectivity index (χ0n) is 27.0. The first-order valence-electron chi connectivity index (χ1n) is 16.9. The number of rotatable bonds is 5. The average molecular weight is 662 g/mol. The van der Waals surface area contributed by atoms with Crippen molar-refractivity contribution in [1.82, 2.24) is 10.6 Å². The molecule has 0 radical (unpaired) electrons. The fourth-order valence-corrected chi connectivity index (χ4v) is 8.43. The van der Waals surface area contributed by atoms with E-state index in [1.165, 1.54) is 31.3 Å². The van der Waals surface area contributed by atoms with Crippen molar-refractivity contribution in [2.45, 2.75) is 12.3 Å². The molecule has 9 aromatic rings. The number of hydrogen-bond acceptors (Lipinski definition) is 5. The number of nitrogens with one attached hydrogen (secondary N) is 2. The van der Waals surface area contributed by atoms with Crippen LogP contribution >= 0.6 is 11.3 Å². The number of nitrogens with zero attached hydrogens (tertiary/aromatic N) is 1. The van der Waals surface area contributed by atoms with Gasteiger partial charge in [-0.25, -0.2) is 4.99 Å². The molecule has 10 rings (SSSR count). The molecule has 2 unspecified atom stereocenters. The molecule has 0 fully saturated rings. The Morgan fingerprint density at radius 3 is 2.04 bits per heavy atom. The topological polar surface area (TPSA) is 49.6 Å². The molecule has 1 aliphatic rings. The molecule has 2 atom stereocenters. The minimum Gasteiger partial charge on any atom is -0.456 e. The van der Waals surface area contributed by atoms with Crippen LogP contribution in [0.3, 0.4) is 0 Å². The zero-order chi connectivity index (χ0) is 33.0. The van der Waals surface area contributed by atoms with E-state index in [1.54, 1.807) is 0 Å². The summed E-state index contributed by atoms with van der Waals surface area (Å²) in [5.41, 5.74) is 9.75. The van der Waals surface area contributed by atoms with Gasteiger partial charge in [0.25, 0.3) is 0 Å². The molecule has 0 saturated carbocycles. The van der Waals surface area contributed by atoms with Gasteiger partial charge in [-0.1, -0.05) is 127 Å². The maximum Gasteiger partial charge on any atom is 0.136 e. The number of aliphatic imine (C=N–C) groups is 1. The van der Waals surface area contributed by atoms with Crippen molar-refractivity contribution in [2.24, 2.45) is 4.99 Å². The van der Waals surface area contributed by atoms with Crippen molar-refractivity contribution in [3.8, 4) is 22.3 Å². The second-order valence-corrected chi connectivity index (χ2v) is 13.9. The van der Waals surface area contributed by atoms with Crippen molar-refractivity contribution in [3.63, 3.8) is 0 Å². The Morgan fingerprint density at radius 2 is 1.22 bits per heavy atom. The number of fused-ring (bicyclic) bond motifs is 6. The Hall–Kier alpha value is -6.01. The molecule has 4 nitrogen and oxygen atoms in total. The summed E-state index contributed by atoms with van der Waals surface area (Å²) in [5.74, 6) is 0.857. The second-order valence-electron chi connectivity index (χ2n) is 12.8. The highest BCUT2D eigenvalue weighted by molar-refractivity contribution is 7.25. The van der Waals surface area contributed by atoms with Crippen LogP contribution in [0, 0.1) is 0 Å². The summed E-state index contributed by atoms with van der Waals surface area (Å²) in [6, 6.07) is 58.0. The van der Waals surface area contributed by atoms with Gasteiger partial charge in [0.05, 0.1) is 0 Å². The van der Waals surface area contributed by atoms with Gasteiger partial charge in [-0.15, -0.1) is 11.3 Å². The molecule has 2 N–H and O–H groups in total. The molecule has 238 valence electrons. The van der Waals surface area contributed by atoms with Gasteiger partial charge in [0, 0.05) is 36.5 Å². The Kier molecular flexibility index (Phi) is 6.86. The zero-order valence-corrected chi connectivity index (χ0v) is 27.8. The van der Waals surface area contributed by atoms with Crippen molar-refractivity contribution in [3.05, 3.63) is 180 Å². The van der Waals surface area contributed by atoms with Crippen molar-refractivity contribution in [1.29, 1.82) is 0 Å². The standard InChI is InChI=1S/C45H31N3OS/c1-4-12-28(13-5-1)31-21-23-40-37(24-31)34-22-20-32(27-41(34)50-40)36-25-33(26-39-42(36)35-18-10-11-19-38(35)49-39)45-47-43(29-14-6-2-7-15-29)46-44(48-45)30-16-8-3-9-17-30/h1-27,43,45,47H,(H,46,48). The van der Waals surface area contributed by atoms with Gasteiger partial charge in [-0.3, -0.25) is 5.32 Å². The molecule has 0 saturated heterocycles. The summed E-state index contributed by atoms with van der Waals surface area (Å²) in [6.07, 6.45) is -0.433. The Bertz CT molecular complexity index is 2710. The van der Waals surface area contributed by atoms with E-state index in [0.717, 1.165) is 55.6 Å². The van der Waals surface area contributed by atoms with Crippen LogP contribution in [0.25, 0.3) is 64.4 Å². The first-order chi connectivity index (χ1) is 24.7. The number of thiophene rings is 1. The minimum atomic E-state index is -0.308. The first kappa shape index (κ1) is 29.0. The summed E-state index contributed by atoms with van der Waals surface area (Å²) in [7, 11) is 0. The third-order valence-corrected chi connectivity index (χ3v) is 10.9. The fraction of sp³-hybridized carbons (Fsp3) is 0.0444. The van der Waals surface area contributed by atoms with Crippen LogP contribution in [-0.4, -0.2) is 5.84 Å². The lowest BCUT2D eigenvalue weighted by Gasteiger charge is -2.32. The van der Waals surface area contributed by atoms with E-state index in [9.17, 15) is 0 Å². The van der Waals surface area contributed by atoms with E-state index < -0.39 is 0 Å². The SMILES string of the molecule is c1ccc(C2=NC(c3cc(-c4ccc5c(c4)sc4ccc(-c6ccccc6)cc45)c4c(c3)oc3ccccc34)NC(c3ccccc3)N2)cc1. The molecular weight excluding hydrogens is 631 g/mol. The minimum absolute atomic E-state index is 0.126. The number of hydrogen-bond donors (Lipinski definition) is 2. The predicted molar refractivity (Wildman–Crippen MR) is 209 cm³/mol. The second kappa shape index (κ2) is 11.8. The molecule has 0 amide bonds. The van der Waals surface area contributed by atoms with E-state index >= 15 is 0 Å². The van der Waals surface area contributed by atoms with Crippen LogP contribution in [0.4, 0.5) is 0 Å². The molecule has 50 heavy (non-hydrogen) atoms. The third kappa shape index (κ3) is 4.98. The van der Waals surface area contributed by atoms with E-state index in [0.29, 0.717) is 0 Å². The fourth-order valence-electron chi connectivity index (χ4n) is 7.31. The van der Waals surface area contributed by atoms with Gasteiger partial charge in [0.2, 0.25) is 0 Å². The monoisotopic (exact) mass is 661 g/mol. The number of benzene rings is 7. The van der Waals surface area contributed by atoms with Gasteiger partial charge < -0.3 is 9.73 Å². The van der Waals surface area contributed by atoms with Crippen molar-refractivity contribution < 1.29 is 4.42 Å². The molecule has 0 spiro atoms. The average Bonchev–Trinajstić information content (AvgIpc) is 3.76. The quantitative estimate of drug-likeness (QED) is 0.193. The van der Waals surface area contributed by atoms with Crippen LogP contribution < -0.4 is 10.6 Å². The Labute approximate surface area is 293 Å². The van der Waals surface area contributed by atoms with E-state index in [2.05, 4.69) is 156 Å². The maximum atomic E-state index is 6.57.